The normalized spacial score (nSPS) is 12.7. The number of hydrogen-bond acceptors (Lipinski definition) is 6. The molecule has 0 aliphatic rings. The first-order valence-electron chi connectivity index (χ1n) is 6.77. The summed E-state index contributed by atoms with van der Waals surface area (Å²) >= 11 is 0. The van der Waals surface area contributed by atoms with Crippen LogP contribution in [0.3, 0.4) is 0 Å². The molecule has 0 fully saturated rings. The maximum atomic E-state index is 5.61. The molecule has 0 saturated carbocycles. The van der Waals surface area contributed by atoms with Crippen molar-refractivity contribution < 1.29 is 9.05 Å². The van der Waals surface area contributed by atoms with E-state index in [1.165, 1.54) is 0 Å². The van der Waals surface area contributed by atoms with Crippen molar-refractivity contribution in [2.45, 2.75) is 51.0 Å². The van der Waals surface area contributed by atoms with Gasteiger partial charge in [-0.1, -0.05) is 84.7 Å². The summed E-state index contributed by atoms with van der Waals surface area (Å²) < 4.78 is 11.8. The summed E-state index contributed by atoms with van der Waals surface area (Å²) in [4.78, 5) is 0. The lowest BCUT2D eigenvalue weighted by Gasteiger charge is -2.17. The van der Waals surface area contributed by atoms with Crippen LogP contribution in [0.2, 0.25) is 0 Å². The highest BCUT2D eigenvalue weighted by Crippen LogP contribution is 2.40. The van der Waals surface area contributed by atoms with E-state index in [0.717, 1.165) is 11.5 Å². The highest BCUT2D eigenvalue weighted by molar-refractivity contribution is 8.77. The Kier molecular flexibility index (Phi) is 12.5. The van der Waals surface area contributed by atoms with Gasteiger partial charge in [0.2, 0.25) is 0 Å². The molecular weight excluding hydrogens is 359 g/mol. The molecule has 7 heteroatoms. The molecule has 0 spiro atoms. The predicted octanol–water partition coefficient (Wildman–Crippen LogP) is 6.28. The first kappa shape index (κ1) is 22.3. The largest absolute Gasteiger partial charge is 0.324 e. The molecule has 0 atom stereocenters. The Bertz CT molecular complexity index is 284. The SMILES string of the molecule is C#CP(OCCSSC(C)(C)C)OCCSSC(C)(C)C. The summed E-state index contributed by atoms with van der Waals surface area (Å²) in [6, 6.07) is 0. The van der Waals surface area contributed by atoms with Crippen molar-refractivity contribution in [3.05, 3.63) is 0 Å². The van der Waals surface area contributed by atoms with E-state index in [-0.39, 0.29) is 9.49 Å². The predicted molar refractivity (Wildman–Crippen MR) is 107 cm³/mol. The Morgan fingerprint density at radius 1 is 0.857 bits per heavy atom. The second kappa shape index (κ2) is 11.8. The Morgan fingerprint density at radius 3 is 1.52 bits per heavy atom. The van der Waals surface area contributed by atoms with Crippen LogP contribution in [0.1, 0.15) is 41.5 Å². The van der Waals surface area contributed by atoms with E-state index in [9.17, 15) is 0 Å². The molecule has 0 bridgehead atoms. The molecule has 21 heavy (non-hydrogen) atoms. The van der Waals surface area contributed by atoms with E-state index >= 15 is 0 Å². The molecule has 2 nitrogen and oxygen atoms in total. The van der Waals surface area contributed by atoms with Crippen molar-refractivity contribution in [3.63, 3.8) is 0 Å². The Balaban J connectivity index is 3.57. The fourth-order valence-electron chi connectivity index (χ4n) is 0.857. The lowest BCUT2D eigenvalue weighted by molar-refractivity contribution is 0.282. The van der Waals surface area contributed by atoms with Crippen molar-refractivity contribution in [3.8, 4) is 12.1 Å². The van der Waals surface area contributed by atoms with E-state index in [0.29, 0.717) is 13.2 Å². The van der Waals surface area contributed by atoms with Gasteiger partial charge >= 0.3 is 0 Å². The van der Waals surface area contributed by atoms with Crippen molar-refractivity contribution in [2.24, 2.45) is 0 Å². The standard InChI is InChI=1S/C14H27O2PS4/c1-8-17(15-9-11-18-20-13(2,3)4)16-10-12-19-21-14(5,6)7/h1H,9-12H2,2-7H3. The summed E-state index contributed by atoms with van der Waals surface area (Å²) in [5.74, 6) is 1.86. The van der Waals surface area contributed by atoms with Gasteiger partial charge in [-0.25, -0.2) is 0 Å². The first-order chi connectivity index (χ1) is 9.64. The van der Waals surface area contributed by atoms with Gasteiger partial charge in [0.25, 0.3) is 8.38 Å². The number of terminal acetylenes is 1. The zero-order valence-electron chi connectivity index (χ0n) is 13.8. The molecule has 0 aromatic carbocycles. The molecule has 0 aromatic rings. The highest BCUT2D eigenvalue weighted by Gasteiger charge is 2.13. The van der Waals surface area contributed by atoms with Crippen molar-refractivity contribution in [1.29, 1.82) is 0 Å². The minimum absolute atomic E-state index is 0.278. The number of hydrogen-bond donors (Lipinski definition) is 0. The average Bonchev–Trinajstić information content (AvgIpc) is 2.32. The summed E-state index contributed by atoms with van der Waals surface area (Å²) in [6.07, 6.45) is 5.45. The molecule has 0 saturated heterocycles. The Hall–Kier alpha value is 1.31. The van der Waals surface area contributed by atoms with Gasteiger partial charge in [-0.2, -0.15) is 0 Å². The second-order valence-electron chi connectivity index (χ2n) is 6.09. The van der Waals surface area contributed by atoms with Gasteiger partial charge in [0.15, 0.2) is 0 Å². The molecule has 0 radical (unpaired) electrons. The third-order valence-electron chi connectivity index (χ3n) is 1.47. The van der Waals surface area contributed by atoms with Crippen LogP contribution in [0.25, 0.3) is 0 Å². The Morgan fingerprint density at radius 2 is 1.24 bits per heavy atom. The number of rotatable bonds is 10. The van der Waals surface area contributed by atoms with Gasteiger partial charge in [-0.3, -0.25) is 0 Å². The topological polar surface area (TPSA) is 18.5 Å². The van der Waals surface area contributed by atoms with Crippen LogP contribution in [0.4, 0.5) is 0 Å². The quantitative estimate of drug-likeness (QED) is 0.189. The molecule has 0 rings (SSSR count). The van der Waals surface area contributed by atoms with Gasteiger partial charge in [0.05, 0.1) is 13.2 Å². The molecule has 0 aliphatic carbocycles. The summed E-state index contributed by atoms with van der Waals surface area (Å²) in [6.45, 7) is 14.5. The lowest BCUT2D eigenvalue weighted by atomic mass is 10.3. The molecule has 0 heterocycles. The molecule has 124 valence electrons. The summed E-state index contributed by atoms with van der Waals surface area (Å²) in [7, 11) is 6.20. The van der Waals surface area contributed by atoms with Gasteiger partial charge < -0.3 is 9.05 Å². The van der Waals surface area contributed by atoms with Crippen LogP contribution in [-0.4, -0.2) is 34.2 Å². The third kappa shape index (κ3) is 17.5. The van der Waals surface area contributed by atoms with Crippen LogP contribution < -0.4 is 0 Å². The molecular formula is C14H27O2PS4. The van der Waals surface area contributed by atoms with Crippen LogP contribution in [0.15, 0.2) is 0 Å². The maximum Gasteiger partial charge on any atom is 0.256 e. The first-order valence-corrected chi connectivity index (χ1v) is 12.6. The smallest absolute Gasteiger partial charge is 0.256 e. The Labute approximate surface area is 148 Å². The fourth-order valence-corrected chi connectivity index (χ4v) is 6.05. The third-order valence-corrected chi connectivity index (χ3v) is 9.13. The monoisotopic (exact) mass is 386 g/mol. The van der Waals surface area contributed by atoms with Crippen molar-refractivity contribution >= 4 is 51.6 Å². The minimum atomic E-state index is -1.17. The van der Waals surface area contributed by atoms with E-state index in [1.54, 1.807) is 0 Å². The molecule has 0 aliphatic heterocycles. The van der Waals surface area contributed by atoms with Gasteiger partial charge in [-0.15, -0.1) is 6.42 Å². The van der Waals surface area contributed by atoms with Gasteiger partial charge in [0, 0.05) is 21.0 Å². The lowest BCUT2D eigenvalue weighted by Crippen LogP contribution is -2.06. The van der Waals surface area contributed by atoms with Gasteiger partial charge in [-0.05, 0) is 5.66 Å². The summed E-state index contributed by atoms with van der Waals surface area (Å²) in [5, 5.41) is 0. The zero-order valence-corrected chi connectivity index (χ0v) is 18.0. The van der Waals surface area contributed by atoms with Crippen LogP contribution >= 0.6 is 51.6 Å². The maximum absolute atomic E-state index is 5.61. The summed E-state index contributed by atoms with van der Waals surface area (Å²) in [5.41, 5.74) is 2.60. The molecule has 0 amide bonds. The molecule has 0 aromatic heterocycles. The average molecular weight is 387 g/mol. The van der Waals surface area contributed by atoms with E-state index in [4.69, 9.17) is 15.5 Å². The fraction of sp³-hybridized carbons (Fsp3) is 0.857. The second-order valence-corrected chi connectivity index (χ2v) is 13.9. The van der Waals surface area contributed by atoms with E-state index in [1.807, 2.05) is 43.2 Å². The zero-order chi connectivity index (χ0) is 16.4. The van der Waals surface area contributed by atoms with Gasteiger partial charge in [0.1, 0.15) is 0 Å². The van der Waals surface area contributed by atoms with E-state index in [2.05, 4.69) is 47.2 Å². The van der Waals surface area contributed by atoms with Crippen molar-refractivity contribution in [1.82, 2.24) is 0 Å². The molecule has 0 N–H and O–H groups in total. The van der Waals surface area contributed by atoms with Crippen LogP contribution in [0.5, 0.6) is 0 Å². The van der Waals surface area contributed by atoms with E-state index < -0.39 is 8.38 Å². The van der Waals surface area contributed by atoms with Crippen LogP contribution in [0, 0.1) is 12.1 Å². The van der Waals surface area contributed by atoms with Crippen LogP contribution in [-0.2, 0) is 9.05 Å². The van der Waals surface area contributed by atoms with Crippen molar-refractivity contribution in [2.75, 3.05) is 24.7 Å². The minimum Gasteiger partial charge on any atom is -0.324 e. The molecule has 0 unspecified atom stereocenters. The highest BCUT2D eigenvalue weighted by atomic mass is 33.1.